The van der Waals surface area contributed by atoms with Crippen LogP contribution in [-0.4, -0.2) is 9.55 Å². The van der Waals surface area contributed by atoms with E-state index in [1.165, 1.54) is 16.6 Å². The molecule has 0 aliphatic rings. The van der Waals surface area contributed by atoms with Gasteiger partial charge in [-0.2, -0.15) is 0 Å². The molecule has 0 radical (unpaired) electrons. The fourth-order valence-corrected chi connectivity index (χ4v) is 3.28. The summed E-state index contributed by atoms with van der Waals surface area (Å²) in [4.78, 5) is 4.88. The third kappa shape index (κ3) is 3.75. The molecule has 2 nitrogen and oxygen atoms in total. The van der Waals surface area contributed by atoms with Crippen molar-refractivity contribution < 1.29 is 0 Å². The van der Waals surface area contributed by atoms with Crippen molar-refractivity contribution in [3.05, 3.63) is 108 Å². The number of hydrogen-bond donors (Lipinski definition) is 0. The first kappa shape index (κ1) is 16.3. The summed E-state index contributed by atoms with van der Waals surface area (Å²) in [6.45, 7) is 0.833. The zero-order chi connectivity index (χ0) is 17.6. The van der Waals surface area contributed by atoms with Crippen LogP contribution >= 0.6 is 0 Å². The molecule has 0 unspecified atom stereocenters. The predicted octanol–water partition coefficient (Wildman–Crippen LogP) is 5.53. The minimum atomic E-state index is 0.833. The molecule has 1 heterocycles. The van der Waals surface area contributed by atoms with E-state index in [-0.39, 0.29) is 0 Å². The lowest BCUT2D eigenvalue weighted by atomic mass is 10.1. The Morgan fingerprint density at radius 3 is 2.23 bits per heavy atom. The van der Waals surface area contributed by atoms with Gasteiger partial charge in [0.2, 0.25) is 0 Å². The molecular weight excluding hydrogens is 316 g/mol. The summed E-state index contributed by atoms with van der Waals surface area (Å²) in [5.41, 5.74) is 4.85. The van der Waals surface area contributed by atoms with Crippen LogP contribution in [0.15, 0.2) is 91.0 Å². The lowest BCUT2D eigenvalue weighted by Gasteiger charge is -2.07. The summed E-state index contributed by atoms with van der Waals surface area (Å²) in [5.74, 6) is 1.15. The Morgan fingerprint density at radius 2 is 1.42 bits per heavy atom. The molecule has 0 bridgehead atoms. The first-order valence-electron chi connectivity index (χ1n) is 9.10. The normalized spacial score (nSPS) is 11.4. The quantitative estimate of drug-likeness (QED) is 0.452. The van der Waals surface area contributed by atoms with Crippen LogP contribution in [0.4, 0.5) is 0 Å². The minimum absolute atomic E-state index is 0.833. The van der Waals surface area contributed by atoms with Gasteiger partial charge in [-0.25, -0.2) is 4.98 Å². The van der Waals surface area contributed by atoms with Gasteiger partial charge in [0, 0.05) is 13.0 Å². The molecule has 4 rings (SSSR count). The van der Waals surface area contributed by atoms with E-state index in [4.69, 9.17) is 4.98 Å². The summed E-state index contributed by atoms with van der Waals surface area (Å²) < 4.78 is 2.33. The molecule has 0 amide bonds. The second-order valence-corrected chi connectivity index (χ2v) is 6.43. The molecule has 0 N–H and O–H groups in total. The van der Waals surface area contributed by atoms with Crippen LogP contribution in [0.5, 0.6) is 0 Å². The molecular formula is C24H22N2. The second kappa shape index (κ2) is 7.83. The van der Waals surface area contributed by atoms with Crippen molar-refractivity contribution in [3.8, 4) is 0 Å². The van der Waals surface area contributed by atoms with E-state index < -0.39 is 0 Å². The first-order chi connectivity index (χ1) is 12.9. The zero-order valence-corrected chi connectivity index (χ0v) is 14.8. The Bertz CT molecular complexity index is 998. The first-order valence-corrected chi connectivity index (χ1v) is 9.10. The van der Waals surface area contributed by atoms with Crippen molar-refractivity contribution in [1.29, 1.82) is 0 Å². The number of imidazole rings is 1. The van der Waals surface area contributed by atoms with Gasteiger partial charge in [-0.15, -0.1) is 0 Å². The molecule has 0 aliphatic carbocycles. The second-order valence-electron chi connectivity index (χ2n) is 6.43. The van der Waals surface area contributed by atoms with Crippen LogP contribution in [0, 0.1) is 0 Å². The highest BCUT2D eigenvalue weighted by Crippen LogP contribution is 2.18. The highest BCUT2D eigenvalue weighted by molar-refractivity contribution is 5.76. The fourth-order valence-electron chi connectivity index (χ4n) is 3.28. The molecule has 128 valence electrons. The number of nitrogens with zero attached hydrogens (tertiary/aromatic N) is 2. The van der Waals surface area contributed by atoms with Crippen LogP contribution in [0.3, 0.4) is 0 Å². The molecule has 0 aliphatic heterocycles. The van der Waals surface area contributed by atoms with E-state index in [0.717, 1.165) is 30.7 Å². The Kier molecular flexibility index (Phi) is 4.92. The summed E-state index contributed by atoms with van der Waals surface area (Å²) in [7, 11) is 0. The molecule has 0 spiro atoms. The average Bonchev–Trinajstić information content (AvgIpc) is 3.06. The third-order valence-corrected chi connectivity index (χ3v) is 4.61. The molecule has 0 saturated heterocycles. The summed E-state index contributed by atoms with van der Waals surface area (Å²) in [6, 6.07) is 29.4. The molecule has 1 aromatic heterocycles. The SMILES string of the molecule is C(=C\c1ccccc1)/Cn1c(CCc2ccccc2)nc2ccccc21. The number of aromatic nitrogens is 2. The van der Waals surface area contributed by atoms with Crippen LogP contribution < -0.4 is 0 Å². The van der Waals surface area contributed by atoms with E-state index in [0.29, 0.717) is 0 Å². The third-order valence-electron chi connectivity index (χ3n) is 4.61. The van der Waals surface area contributed by atoms with Gasteiger partial charge in [-0.05, 0) is 29.7 Å². The van der Waals surface area contributed by atoms with Gasteiger partial charge in [0.1, 0.15) is 5.82 Å². The van der Waals surface area contributed by atoms with E-state index in [9.17, 15) is 0 Å². The molecule has 2 heteroatoms. The number of para-hydroxylation sites is 2. The molecule has 3 aromatic carbocycles. The minimum Gasteiger partial charge on any atom is -0.324 e. The van der Waals surface area contributed by atoms with Crippen molar-refractivity contribution in [2.75, 3.05) is 0 Å². The lowest BCUT2D eigenvalue weighted by Crippen LogP contribution is -2.04. The maximum absolute atomic E-state index is 4.88. The topological polar surface area (TPSA) is 17.8 Å². The Hall–Kier alpha value is -3.13. The molecule has 0 fully saturated rings. The number of hydrogen-bond acceptors (Lipinski definition) is 1. The predicted molar refractivity (Wildman–Crippen MR) is 109 cm³/mol. The van der Waals surface area contributed by atoms with Gasteiger partial charge < -0.3 is 4.57 Å². The monoisotopic (exact) mass is 338 g/mol. The van der Waals surface area contributed by atoms with Crippen molar-refractivity contribution in [2.45, 2.75) is 19.4 Å². The molecule has 0 atom stereocenters. The number of rotatable bonds is 6. The maximum atomic E-state index is 4.88. The van der Waals surface area contributed by atoms with Crippen LogP contribution in [0.2, 0.25) is 0 Å². The van der Waals surface area contributed by atoms with E-state index in [2.05, 4.69) is 95.6 Å². The van der Waals surface area contributed by atoms with E-state index in [1.54, 1.807) is 0 Å². The number of fused-ring (bicyclic) bond motifs is 1. The van der Waals surface area contributed by atoms with Gasteiger partial charge in [0.05, 0.1) is 11.0 Å². The number of allylic oxidation sites excluding steroid dienone is 1. The van der Waals surface area contributed by atoms with E-state index in [1.807, 2.05) is 6.07 Å². The standard InChI is InChI=1S/C24H22N2/c1-3-10-20(11-4-1)14-9-19-26-23-16-8-7-15-22(23)25-24(26)18-17-21-12-5-2-6-13-21/h1-16H,17-19H2/b14-9+. The van der Waals surface area contributed by atoms with Gasteiger partial charge in [-0.3, -0.25) is 0 Å². The van der Waals surface area contributed by atoms with Crippen molar-refractivity contribution in [3.63, 3.8) is 0 Å². The van der Waals surface area contributed by atoms with Crippen molar-refractivity contribution in [1.82, 2.24) is 9.55 Å². The largest absolute Gasteiger partial charge is 0.324 e. The average molecular weight is 338 g/mol. The maximum Gasteiger partial charge on any atom is 0.110 e. The zero-order valence-electron chi connectivity index (χ0n) is 14.8. The lowest BCUT2D eigenvalue weighted by molar-refractivity contribution is 0.743. The van der Waals surface area contributed by atoms with Gasteiger partial charge >= 0.3 is 0 Å². The highest BCUT2D eigenvalue weighted by atomic mass is 15.1. The number of aryl methyl sites for hydroxylation is 2. The van der Waals surface area contributed by atoms with Gasteiger partial charge in [0.25, 0.3) is 0 Å². The smallest absolute Gasteiger partial charge is 0.110 e. The van der Waals surface area contributed by atoms with Crippen LogP contribution in [0.1, 0.15) is 17.0 Å². The summed E-state index contributed by atoms with van der Waals surface area (Å²) in [5, 5.41) is 0. The summed E-state index contributed by atoms with van der Waals surface area (Å²) >= 11 is 0. The van der Waals surface area contributed by atoms with Crippen molar-refractivity contribution >= 4 is 17.1 Å². The Labute approximate surface area is 154 Å². The Morgan fingerprint density at radius 1 is 0.731 bits per heavy atom. The molecule has 0 saturated carbocycles. The summed E-state index contributed by atoms with van der Waals surface area (Å²) in [6.07, 6.45) is 6.34. The highest BCUT2D eigenvalue weighted by Gasteiger charge is 2.09. The fraction of sp³-hybridized carbons (Fsp3) is 0.125. The molecule has 26 heavy (non-hydrogen) atoms. The van der Waals surface area contributed by atoms with Crippen LogP contribution in [0.25, 0.3) is 17.1 Å². The van der Waals surface area contributed by atoms with Crippen molar-refractivity contribution in [2.24, 2.45) is 0 Å². The Balaban J connectivity index is 1.58. The van der Waals surface area contributed by atoms with E-state index >= 15 is 0 Å². The van der Waals surface area contributed by atoms with Crippen LogP contribution in [-0.2, 0) is 19.4 Å². The van der Waals surface area contributed by atoms with Gasteiger partial charge in [-0.1, -0.05) is 84.9 Å². The number of benzene rings is 3. The van der Waals surface area contributed by atoms with Gasteiger partial charge in [0.15, 0.2) is 0 Å². The molecule has 4 aromatic rings.